The van der Waals surface area contributed by atoms with Crippen molar-refractivity contribution >= 4 is 11.6 Å². The first-order valence-corrected chi connectivity index (χ1v) is 15.0. The van der Waals surface area contributed by atoms with Gasteiger partial charge in [-0.3, -0.25) is 9.69 Å². The van der Waals surface area contributed by atoms with Gasteiger partial charge in [0.25, 0.3) is 0 Å². The number of nitrogens with one attached hydrogen (secondary N) is 1. The second kappa shape index (κ2) is 18.2. The molecule has 1 aromatic heterocycles. The van der Waals surface area contributed by atoms with Gasteiger partial charge in [0.05, 0.1) is 31.0 Å². The molecule has 3 aliphatic rings. The number of ether oxygens (including phenoxy) is 1. The predicted molar refractivity (Wildman–Crippen MR) is 169 cm³/mol. The maximum Gasteiger partial charge on any atom is 2.00 e. The number of carbonyl (C=O) groups is 1. The van der Waals surface area contributed by atoms with E-state index in [-0.39, 0.29) is 23.0 Å². The van der Waals surface area contributed by atoms with Gasteiger partial charge >= 0.3 is 17.1 Å². The maximum atomic E-state index is 11.9. The third kappa shape index (κ3) is 10.1. The number of anilines is 1. The first kappa shape index (κ1) is 34.0. The summed E-state index contributed by atoms with van der Waals surface area (Å²) >= 11 is 0. The molecule has 44 heavy (non-hydrogen) atoms. The fourth-order valence-electron chi connectivity index (χ4n) is 5.22. The first-order valence-electron chi connectivity index (χ1n) is 15.0. The minimum atomic E-state index is 0. The number of hydrogen-bond donors (Lipinski definition) is 1. The molecule has 9 heteroatoms. The van der Waals surface area contributed by atoms with E-state index in [0.717, 1.165) is 81.9 Å². The van der Waals surface area contributed by atoms with Gasteiger partial charge < -0.3 is 15.0 Å². The number of methoxy groups -OCH3 is 1. The number of para-hydroxylation sites is 2. The summed E-state index contributed by atoms with van der Waals surface area (Å²) in [7, 11) is 1.73. The minimum absolute atomic E-state index is 0. The topological polar surface area (TPSA) is 75.5 Å². The van der Waals surface area contributed by atoms with E-state index in [1.807, 2.05) is 92.6 Å². The maximum absolute atomic E-state index is 11.9. The molecule has 3 aromatic rings. The zero-order chi connectivity index (χ0) is 29.7. The molecular weight excluding hydrogens is 592 g/mol. The van der Waals surface area contributed by atoms with Gasteiger partial charge in [-0.15, -0.1) is 5.10 Å². The number of piperazine rings is 1. The van der Waals surface area contributed by atoms with E-state index in [2.05, 4.69) is 49.7 Å². The van der Waals surface area contributed by atoms with Gasteiger partial charge in [-0.25, -0.2) is 4.68 Å². The van der Waals surface area contributed by atoms with Gasteiger partial charge in [-0.2, -0.15) is 0 Å². The molecule has 1 amide bonds. The number of rotatable bonds is 11. The van der Waals surface area contributed by atoms with Crippen LogP contribution >= 0.6 is 0 Å². The molecule has 0 unspecified atom stereocenters. The summed E-state index contributed by atoms with van der Waals surface area (Å²) in [6, 6.07) is 18.5. The molecule has 1 saturated heterocycles. The molecule has 0 bridgehead atoms. The summed E-state index contributed by atoms with van der Waals surface area (Å²) in [4.78, 5) is 16.8. The number of hydrogen-bond acceptors (Lipinski definition) is 6. The van der Waals surface area contributed by atoms with Crippen molar-refractivity contribution in [3.63, 3.8) is 0 Å². The summed E-state index contributed by atoms with van der Waals surface area (Å²) < 4.78 is 7.33. The average Bonchev–Trinajstić information content (AvgIpc) is 3.86. The van der Waals surface area contributed by atoms with Gasteiger partial charge in [0.1, 0.15) is 5.75 Å². The van der Waals surface area contributed by atoms with Gasteiger partial charge in [-0.1, -0.05) is 47.7 Å². The van der Waals surface area contributed by atoms with Crippen molar-refractivity contribution in [3.05, 3.63) is 135 Å². The van der Waals surface area contributed by atoms with Crippen LogP contribution in [0.3, 0.4) is 0 Å². The van der Waals surface area contributed by atoms with Crippen LogP contribution < -0.4 is 15.0 Å². The molecule has 2 saturated carbocycles. The van der Waals surface area contributed by atoms with E-state index in [1.165, 1.54) is 11.3 Å². The van der Waals surface area contributed by atoms with Crippen molar-refractivity contribution in [1.29, 1.82) is 0 Å². The Balaban J connectivity index is 0.000000212. The quantitative estimate of drug-likeness (QED) is 0.253. The van der Waals surface area contributed by atoms with Gasteiger partial charge in [0.2, 0.25) is 5.91 Å². The first-order chi connectivity index (χ1) is 21.2. The Labute approximate surface area is 274 Å². The Morgan fingerprint density at radius 3 is 2.27 bits per heavy atom. The second-order valence-corrected chi connectivity index (χ2v) is 10.6. The third-order valence-corrected chi connectivity index (χ3v) is 7.59. The number of benzene rings is 2. The summed E-state index contributed by atoms with van der Waals surface area (Å²) in [5.41, 5.74) is 3.34. The van der Waals surface area contributed by atoms with Crippen molar-refractivity contribution in [2.75, 3.05) is 51.3 Å². The Morgan fingerprint density at radius 2 is 1.55 bits per heavy atom. The summed E-state index contributed by atoms with van der Waals surface area (Å²) in [6.07, 6.45) is 19.6. The van der Waals surface area contributed by atoms with Crippen LogP contribution in [-0.4, -0.2) is 72.2 Å². The summed E-state index contributed by atoms with van der Waals surface area (Å²) in [5.74, 6) is 2.84. The SMILES string of the molecule is COc1ccccc1N1CCN(CCCCNC(=O)[C]2[CH][CH][CH][CH]2)CC1.[CH]1[CH][CH][C](c2cn(Cc3ccccc3)nn2)[CH]1.[Fe+2]. The molecule has 228 valence electrons. The van der Waals surface area contributed by atoms with Crippen molar-refractivity contribution in [1.82, 2.24) is 25.2 Å². The van der Waals surface area contributed by atoms with E-state index in [1.54, 1.807) is 7.11 Å². The van der Waals surface area contributed by atoms with Crippen molar-refractivity contribution in [2.45, 2.75) is 19.4 Å². The van der Waals surface area contributed by atoms with Crippen molar-refractivity contribution in [2.24, 2.45) is 0 Å². The number of unbranched alkanes of at least 4 members (excludes halogenated alkanes) is 1. The molecule has 0 spiro atoms. The van der Waals surface area contributed by atoms with Crippen LogP contribution in [0.5, 0.6) is 5.75 Å². The standard InChI is InChI=1S/C21H28N3O2.C14H12N3.Fe/c1-26-20-11-5-4-10-19(20)24-16-14-23(15-17-24)13-7-6-12-22-21(25)18-8-2-3-9-18;1-2-6-12(7-3-1)10-17-11-14(15-16-17)13-8-4-5-9-13;/h2-5,8-11H,6-7,12-17H2,1H3,(H,22,25);1-9,11H,10H2;/q;;+2. The zero-order valence-electron chi connectivity index (χ0n) is 25.2. The van der Waals surface area contributed by atoms with E-state index in [0.29, 0.717) is 0 Å². The molecule has 3 fully saturated rings. The molecule has 1 N–H and O–H groups in total. The Kier molecular flexibility index (Phi) is 14.1. The largest absolute Gasteiger partial charge is 2.00 e. The normalized spacial score (nSPS) is 17.5. The fourth-order valence-corrected chi connectivity index (χ4v) is 5.22. The van der Waals surface area contributed by atoms with E-state index in [9.17, 15) is 4.79 Å². The van der Waals surface area contributed by atoms with Crippen LogP contribution in [0.4, 0.5) is 5.69 Å². The van der Waals surface area contributed by atoms with Gasteiger partial charge in [0, 0.05) is 44.8 Å². The van der Waals surface area contributed by atoms with Crippen molar-refractivity contribution in [3.8, 4) is 5.75 Å². The Bertz CT molecular complexity index is 1230. The van der Waals surface area contributed by atoms with E-state index < -0.39 is 0 Å². The molecule has 0 atom stereocenters. The monoisotopic (exact) mass is 632 g/mol. The molecule has 6 rings (SSSR count). The van der Waals surface area contributed by atoms with E-state index >= 15 is 0 Å². The van der Waals surface area contributed by atoms with Crippen LogP contribution in [0.1, 0.15) is 24.1 Å². The molecule has 2 aromatic carbocycles. The van der Waals surface area contributed by atoms with Crippen LogP contribution in [0.2, 0.25) is 0 Å². The van der Waals surface area contributed by atoms with Crippen molar-refractivity contribution < 1.29 is 26.6 Å². The molecule has 1 aliphatic heterocycles. The molecule has 2 heterocycles. The molecule has 8 nitrogen and oxygen atoms in total. The third-order valence-electron chi connectivity index (χ3n) is 7.59. The second-order valence-electron chi connectivity index (χ2n) is 10.6. The van der Waals surface area contributed by atoms with E-state index in [4.69, 9.17) is 4.74 Å². The average molecular weight is 633 g/mol. The molecule has 10 radical (unpaired) electrons. The Morgan fingerprint density at radius 1 is 0.864 bits per heavy atom. The minimum Gasteiger partial charge on any atom is -0.495 e. The van der Waals surface area contributed by atoms with Crippen LogP contribution in [0.25, 0.3) is 0 Å². The number of aromatic nitrogens is 3. The summed E-state index contributed by atoms with van der Waals surface area (Å²) in [6.45, 7) is 6.77. The van der Waals surface area contributed by atoms with Crippen LogP contribution in [0.15, 0.2) is 60.8 Å². The van der Waals surface area contributed by atoms with Gasteiger partial charge in [-0.05, 0) is 88.4 Å². The number of nitrogens with zero attached hydrogens (tertiary/aromatic N) is 5. The van der Waals surface area contributed by atoms with Crippen LogP contribution in [0, 0.1) is 63.2 Å². The number of carbonyl (C=O) groups excluding carboxylic acids is 1. The Hall–Kier alpha value is -2.87. The fraction of sp³-hybridized carbons (Fsp3) is 0.286. The zero-order valence-corrected chi connectivity index (χ0v) is 26.3. The summed E-state index contributed by atoms with van der Waals surface area (Å²) in [5, 5.41) is 11.3. The number of amides is 1. The van der Waals surface area contributed by atoms with Gasteiger partial charge in [0.15, 0.2) is 0 Å². The van der Waals surface area contributed by atoms with Crippen LogP contribution in [-0.2, 0) is 28.4 Å². The smallest absolute Gasteiger partial charge is 0.495 e. The molecule has 2 aliphatic carbocycles. The predicted octanol–water partition coefficient (Wildman–Crippen LogP) is 4.20. The molecular formula is C35H40FeN6O2+2.